The van der Waals surface area contributed by atoms with Gasteiger partial charge in [-0.25, -0.2) is 0 Å². The minimum atomic E-state index is -0.751. The van der Waals surface area contributed by atoms with Gasteiger partial charge < -0.3 is 29.0 Å². The van der Waals surface area contributed by atoms with Gasteiger partial charge in [0.2, 0.25) is 0 Å². The summed E-state index contributed by atoms with van der Waals surface area (Å²) in [6.07, 6.45) is 1.93. The number of hydrogen-bond donors (Lipinski definition) is 1. The molecular weight excluding hydrogens is 488 g/mol. The van der Waals surface area contributed by atoms with Crippen molar-refractivity contribution in [2.45, 2.75) is 25.8 Å². The van der Waals surface area contributed by atoms with Crippen molar-refractivity contribution in [3.8, 4) is 17.2 Å². The minimum Gasteiger partial charge on any atom is -0.507 e. The second-order valence-corrected chi connectivity index (χ2v) is 9.58. The van der Waals surface area contributed by atoms with Crippen LogP contribution in [0.1, 0.15) is 36.9 Å². The Morgan fingerprint density at radius 1 is 1.00 bits per heavy atom. The number of rotatable bonds is 9. The summed E-state index contributed by atoms with van der Waals surface area (Å²) in [5.41, 5.74) is 1.15. The van der Waals surface area contributed by atoms with Gasteiger partial charge in [0.05, 0.1) is 31.4 Å². The summed E-state index contributed by atoms with van der Waals surface area (Å²) in [5.74, 6) is 0.156. The highest BCUT2D eigenvalue weighted by Gasteiger charge is 2.46. The smallest absolute Gasteiger partial charge is 0.295 e. The molecule has 202 valence electrons. The van der Waals surface area contributed by atoms with Gasteiger partial charge in [-0.2, -0.15) is 0 Å². The van der Waals surface area contributed by atoms with E-state index in [1.54, 1.807) is 23.1 Å². The molecule has 0 aromatic heterocycles. The van der Waals surface area contributed by atoms with Gasteiger partial charge in [0.15, 0.2) is 11.5 Å². The monoisotopic (exact) mass is 522 g/mol. The van der Waals surface area contributed by atoms with Crippen LogP contribution in [0.2, 0.25) is 0 Å². The van der Waals surface area contributed by atoms with Crippen molar-refractivity contribution in [3.05, 3.63) is 59.2 Å². The Kier molecular flexibility index (Phi) is 8.14. The number of unbranched alkanes of at least 4 members (excludes halogenated alkanes) is 1. The van der Waals surface area contributed by atoms with Crippen LogP contribution >= 0.6 is 0 Å². The minimum absolute atomic E-state index is 0.0550. The molecule has 2 saturated heterocycles. The van der Waals surface area contributed by atoms with E-state index < -0.39 is 17.7 Å². The van der Waals surface area contributed by atoms with Crippen LogP contribution < -0.4 is 14.2 Å². The molecule has 1 N–H and O–H groups in total. The number of Topliss-reactive ketones (excluding diaryl/α,β-unsaturated/α-hetero) is 1. The van der Waals surface area contributed by atoms with Crippen LogP contribution in [0, 0.1) is 0 Å². The maximum absolute atomic E-state index is 13.4. The lowest BCUT2D eigenvalue weighted by molar-refractivity contribution is -0.140. The van der Waals surface area contributed by atoms with E-state index in [-0.39, 0.29) is 11.3 Å². The topological polar surface area (TPSA) is 97.8 Å². The van der Waals surface area contributed by atoms with E-state index in [2.05, 4.69) is 11.8 Å². The fourth-order valence-electron chi connectivity index (χ4n) is 4.99. The first-order valence-electron chi connectivity index (χ1n) is 13.3. The second-order valence-electron chi connectivity index (χ2n) is 9.58. The van der Waals surface area contributed by atoms with Crippen LogP contribution in [0.4, 0.5) is 0 Å². The molecular formula is C29H34N2O7. The Balaban J connectivity index is 1.52. The molecule has 9 nitrogen and oxygen atoms in total. The third-order valence-electron chi connectivity index (χ3n) is 7.06. The summed E-state index contributed by atoms with van der Waals surface area (Å²) in [5, 5.41) is 11.4. The molecule has 5 rings (SSSR count). The number of aliphatic hydroxyl groups excluding tert-OH is 1. The van der Waals surface area contributed by atoms with Crippen molar-refractivity contribution in [1.29, 1.82) is 0 Å². The molecule has 0 saturated carbocycles. The molecule has 2 aromatic rings. The number of aliphatic hydroxyl groups is 1. The van der Waals surface area contributed by atoms with Gasteiger partial charge in [0.1, 0.15) is 24.7 Å². The summed E-state index contributed by atoms with van der Waals surface area (Å²) in [6.45, 7) is 7.29. The number of nitrogens with zero attached hydrogens (tertiary/aromatic N) is 2. The fraction of sp³-hybridized carbons (Fsp3) is 0.448. The summed E-state index contributed by atoms with van der Waals surface area (Å²) < 4.78 is 22.6. The van der Waals surface area contributed by atoms with Gasteiger partial charge >= 0.3 is 0 Å². The average Bonchev–Trinajstić information content (AvgIpc) is 3.21. The number of benzene rings is 2. The van der Waals surface area contributed by atoms with Gasteiger partial charge in [-0.15, -0.1) is 0 Å². The van der Waals surface area contributed by atoms with Crippen molar-refractivity contribution in [3.63, 3.8) is 0 Å². The van der Waals surface area contributed by atoms with Crippen LogP contribution in [0.15, 0.2) is 48.0 Å². The van der Waals surface area contributed by atoms with Crippen molar-refractivity contribution in [2.75, 3.05) is 59.2 Å². The third-order valence-corrected chi connectivity index (χ3v) is 7.06. The van der Waals surface area contributed by atoms with Crippen LogP contribution in [-0.2, 0) is 14.3 Å². The third kappa shape index (κ3) is 5.49. The molecule has 0 unspecified atom stereocenters. The van der Waals surface area contributed by atoms with E-state index in [0.29, 0.717) is 74.5 Å². The van der Waals surface area contributed by atoms with E-state index in [4.69, 9.17) is 18.9 Å². The molecule has 3 heterocycles. The lowest BCUT2D eigenvalue weighted by atomic mass is 9.95. The average molecular weight is 523 g/mol. The number of carbonyl (C=O) groups is 2. The number of ether oxygens (including phenoxy) is 4. The van der Waals surface area contributed by atoms with Gasteiger partial charge in [-0.3, -0.25) is 14.5 Å². The molecule has 1 amide bonds. The summed E-state index contributed by atoms with van der Waals surface area (Å²) in [4.78, 5) is 30.5. The largest absolute Gasteiger partial charge is 0.507 e. The molecule has 0 aliphatic carbocycles. The van der Waals surface area contributed by atoms with E-state index >= 15 is 0 Å². The highest BCUT2D eigenvalue weighted by molar-refractivity contribution is 6.46. The van der Waals surface area contributed by atoms with Crippen molar-refractivity contribution < 1.29 is 33.6 Å². The highest BCUT2D eigenvalue weighted by atomic mass is 16.6. The molecule has 2 aromatic carbocycles. The van der Waals surface area contributed by atoms with E-state index in [9.17, 15) is 14.7 Å². The standard InChI is InChI=1S/C29H34N2O7/c1-2-3-13-36-22-6-4-5-20(18-22)26-25(27(32)21-7-8-23-24(19-21)38-17-16-37-23)28(33)29(34)31(26)10-9-30-11-14-35-15-12-30/h4-8,18-19,26,32H,2-3,9-17H2,1H3/t26-/m1/s1. The highest BCUT2D eigenvalue weighted by Crippen LogP contribution is 2.41. The van der Waals surface area contributed by atoms with Crippen LogP contribution in [0.5, 0.6) is 17.2 Å². The molecule has 2 fully saturated rings. The zero-order valence-corrected chi connectivity index (χ0v) is 21.7. The number of carbonyl (C=O) groups excluding carboxylic acids is 2. The quantitative estimate of drug-likeness (QED) is 0.232. The summed E-state index contributed by atoms with van der Waals surface area (Å²) >= 11 is 0. The number of morpholine rings is 1. The molecule has 3 aliphatic heterocycles. The Labute approximate surface area is 222 Å². The number of fused-ring (bicyclic) bond motifs is 1. The van der Waals surface area contributed by atoms with Crippen molar-refractivity contribution >= 4 is 17.4 Å². The Morgan fingerprint density at radius 3 is 2.58 bits per heavy atom. The number of ketones is 1. The Hall–Kier alpha value is -3.56. The van der Waals surface area contributed by atoms with Crippen LogP contribution in [0.3, 0.4) is 0 Å². The molecule has 3 aliphatic rings. The summed E-state index contributed by atoms with van der Waals surface area (Å²) in [6, 6.07) is 11.7. The molecule has 38 heavy (non-hydrogen) atoms. The Morgan fingerprint density at radius 2 is 1.79 bits per heavy atom. The maximum atomic E-state index is 13.4. The number of amides is 1. The predicted octanol–water partition coefficient (Wildman–Crippen LogP) is 3.39. The maximum Gasteiger partial charge on any atom is 0.295 e. The van der Waals surface area contributed by atoms with Crippen molar-refractivity contribution in [2.24, 2.45) is 0 Å². The lowest BCUT2D eigenvalue weighted by Gasteiger charge is -2.31. The van der Waals surface area contributed by atoms with Crippen molar-refractivity contribution in [1.82, 2.24) is 9.80 Å². The van der Waals surface area contributed by atoms with E-state index in [1.807, 2.05) is 24.3 Å². The molecule has 0 bridgehead atoms. The van der Waals surface area contributed by atoms with Crippen LogP contribution in [0.25, 0.3) is 5.76 Å². The predicted molar refractivity (Wildman–Crippen MR) is 141 cm³/mol. The SMILES string of the molecule is CCCCOc1cccc([C@@H]2C(=C(O)c3ccc4c(c3)OCCO4)C(=O)C(=O)N2CCN2CCOCC2)c1. The second kappa shape index (κ2) is 11.9. The lowest BCUT2D eigenvalue weighted by Crippen LogP contribution is -2.42. The molecule has 1 atom stereocenters. The van der Waals surface area contributed by atoms with Gasteiger partial charge in [0.25, 0.3) is 11.7 Å². The fourth-order valence-corrected chi connectivity index (χ4v) is 4.99. The van der Waals surface area contributed by atoms with Gasteiger partial charge in [-0.05, 0) is 42.3 Å². The zero-order chi connectivity index (χ0) is 26.5. The molecule has 0 radical (unpaired) electrons. The van der Waals surface area contributed by atoms with Crippen LogP contribution in [-0.4, -0.2) is 85.8 Å². The first-order valence-corrected chi connectivity index (χ1v) is 13.3. The molecule has 9 heteroatoms. The first-order chi connectivity index (χ1) is 18.6. The van der Waals surface area contributed by atoms with E-state index in [1.165, 1.54) is 0 Å². The number of hydrogen-bond acceptors (Lipinski definition) is 8. The normalized spacial score (nSPS) is 21.1. The Bertz CT molecular complexity index is 1210. The molecule has 0 spiro atoms. The van der Waals surface area contributed by atoms with Gasteiger partial charge in [-0.1, -0.05) is 25.5 Å². The number of likely N-dealkylation sites (tertiary alicyclic amines) is 1. The summed E-state index contributed by atoms with van der Waals surface area (Å²) in [7, 11) is 0. The zero-order valence-electron chi connectivity index (χ0n) is 21.7. The van der Waals surface area contributed by atoms with Gasteiger partial charge in [0, 0.05) is 31.7 Å². The van der Waals surface area contributed by atoms with E-state index in [0.717, 1.165) is 25.9 Å². The first kappa shape index (κ1) is 26.1.